The van der Waals surface area contributed by atoms with Crippen LogP contribution < -0.4 is 16.0 Å². The molecule has 1 aliphatic heterocycles. The molecule has 2 aromatic carbocycles. The summed E-state index contributed by atoms with van der Waals surface area (Å²) in [5.74, 6) is -0.459. The number of nitrogens with two attached hydrogens (primary N) is 1. The highest BCUT2D eigenvalue weighted by atomic mass is 35.5. The molecule has 1 aromatic heterocycles. The Kier molecular flexibility index (Phi) is 5.59. The minimum Gasteiger partial charge on any atom is -0.371 e. The Morgan fingerprint density at radius 2 is 1.80 bits per heavy atom. The normalized spacial score (nSPS) is 14.7. The van der Waals surface area contributed by atoms with E-state index in [2.05, 4.69) is 15.2 Å². The van der Waals surface area contributed by atoms with Crippen LogP contribution in [-0.2, 0) is 4.79 Å². The number of nitrogens with one attached hydrogen (secondary N) is 1. The topological polar surface area (TPSA) is 88.3 Å². The number of carbonyl (C=O) groups is 2. The van der Waals surface area contributed by atoms with Gasteiger partial charge in [-0.25, -0.2) is 0 Å². The van der Waals surface area contributed by atoms with Crippen LogP contribution in [0.3, 0.4) is 0 Å². The number of anilines is 2. The lowest BCUT2D eigenvalue weighted by Crippen LogP contribution is -2.38. The molecule has 1 saturated heterocycles. The van der Waals surface area contributed by atoms with Gasteiger partial charge >= 0.3 is 0 Å². The van der Waals surface area contributed by atoms with E-state index in [1.165, 1.54) is 0 Å². The summed E-state index contributed by atoms with van der Waals surface area (Å²) in [6, 6.07) is 15.0. The Bertz CT molecular complexity index is 1110. The third kappa shape index (κ3) is 4.24. The Hall–Kier alpha value is -3.12. The standard InChI is InChI=1S/C23H23ClN4O2/c1-14-20(13-16-12-17(24)2-7-21(16)26-14)23(30)27-18-3-5-19(6-4-18)28-10-8-15(9-11-28)22(25)29/h2-7,12-13,15H,8-11H2,1H3,(H2,25,29)(H,27,30). The maximum Gasteiger partial charge on any atom is 0.257 e. The van der Waals surface area contributed by atoms with Crippen molar-refractivity contribution < 1.29 is 9.59 Å². The largest absolute Gasteiger partial charge is 0.371 e. The van der Waals surface area contributed by atoms with Crippen LogP contribution in [0, 0.1) is 12.8 Å². The number of hydrogen-bond acceptors (Lipinski definition) is 4. The molecule has 0 bridgehead atoms. The SMILES string of the molecule is Cc1nc2ccc(Cl)cc2cc1C(=O)Nc1ccc(N2CCC(C(N)=O)CC2)cc1. The second kappa shape index (κ2) is 8.32. The molecule has 3 N–H and O–H groups in total. The number of carbonyl (C=O) groups excluding carboxylic acids is 2. The highest BCUT2D eigenvalue weighted by Gasteiger charge is 2.23. The van der Waals surface area contributed by atoms with Crippen LogP contribution in [0.2, 0.25) is 5.02 Å². The number of fused-ring (bicyclic) bond motifs is 1. The highest BCUT2D eigenvalue weighted by molar-refractivity contribution is 6.31. The zero-order valence-electron chi connectivity index (χ0n) is 16.7. The Labute approximate surface area is 180 Å². The molecule has 0 spiro atoms. The van der Waals surface area contributed by atoms with Gasteiger partial charge in [0, 0.05) is 40.8 Å². The van der Waals surface area contributed by atoms with Gasteiger partial charge in [0.15, 0.2) is 0 Å². The molecular weight excluding hydrogens is 400 g/mol. The molecule has 0 unspecified atom stereocenters. The van der Waals surface area contributed by atoms with E-state index in [1.807, 2.05) is 43.3 Å². The first-order valence-electron chi connectivity index (χ1n) is 9.93. The number of halogens is 1. The Balaban J connectivity index is 1.46. The predicted molar refractivity (Wildman–Crippen MR) is 120 cm³/mol. The number of nitrogens with zero attached hydrogens (tertiary/aromatic N) is 2. The minimum atomic E-state index is -0.214. The summed E-state index contributed by atoms with van der Waals surface area (Å²) >= 11 is 6.07. The summed E-state index contributed by atoms with van der Waals surface area (Å²) in [5, 5.41) is 4.37. The number of rotatable bonds is 4. The van der Waals surface area contributed by atoms with Crippen LogP contribution in [0.1, 0.15) is 28.9 Å². The van der Waals surface area contributed by atoms with Crippen molar-refractivity contribution in [1.82, 2.24) is 4.98 Å². The van der Waals surface area contributed by atoms with Crippen molar-refractivity contribution in [2.24, 2.45) is 11.7 Å². The molecule has 0 aliphatic carbocycles. The Morgan fingerprint density at radius 3 is 2.47 bits per heavy atom. The monoisotopic (exact) mass is 422 g/mol. The van der Waals surface area contributed by atoms with Crippen molar-refractivity contribution >= 4 is 45.7 Å². The number of pyridine rings is 1. The number of primary amides is 1. The molecule has 2 heterocycles. The number of aromatic nitrogens is 1. The summed E-state index contributed by atoms with van der Waals surface area (Å²) in [6.45, 7) is 3.41. The van der Waals surface area contributed by atoms with Gasteiger partial charge < -0.3 is 16.0 Å². The van der Waals surface area contributed by atoms with E-state index in [0.717, 1.165) is 42.5 Å². The highest BCUT2D eigenvalue weighted by Crippen LogP contribution is 2.25. The zero-order valence-corrected chi connectivity index (χ0v) is 17.4. The molecule has 1 aliphatic rings. The summed E-state index contributed by atoms with van der Waals surface area (Å²) in [6.07, 6.45) is 1.54. The van der Waals surface area contributed by atoms with Gasteiger partial charge in [-0.2, -0.15) is 0 Å². The molecule has 1 fully saturated rings. The number of aryl methyl sites for hydroxylation is 1. The summed E-state index contributed by atoms with van der Waals surface area (Å²) in [4.78, 5) is 30.9. The van der Waals surface area contributed by atoms with E-state index in [4.69, 9.17) is 17.3 Å². The number of hydrogen-bond donors (Lipinski definition) is 2. The van der Waals surface area contributed by atoms with Gasteiger partial charge in [0.25, 0.3) is 5.91 Å². The fourth-order valence-corrected chi connectivity index (χ4v) is 4.03. The van der Waals surface area contributed by atoms with Gasteiger partial charge in [-0.05, 0) is 68.3 Å². The maximum absolute atomic E-state index is 12.8. The van der Waals surface area contributed by atoms with Gasteiger partial charge in [-0.3, -0.25) is 14.6 Å². The summed E-state index contributed by atoms with van der Waals surface area (Å²) in [5.41, 5.74) is 9.16. The quantitative estimate of drug-likeness (QED) is 0.661. The molecule has 0 radical (unpaired) electrons. The van der Waals surface area contributed by atoms with E-state index < -0.39 is 0 Å². The lowest BCUT2D eigenvalue weighted by molar-refractivity contribution is -0.122. The average Bonchev–Trinajstić information content (AvgIpc) is 2.74. The number of amides is 2. The lowest BCUT2D eigenvalue weighted by Gasteiger charge is -2.32. The third-order valence-corrected chi connectivity index (χ3v) is 5.83. The molecule has 0 atom stereocenters. The number of benzene rings is 2. The third-order valence-electron chi connectivity index (χ3n) is 5.60. The smallest absolute Gasteiger partial charge is 0.257 e. The molecule has 2 amide bonds. The molecule has 154 valence electrons. The second-order valence-electron chi connectivity index (χ2n) is 7.62. The van der Waals surface area contributed by atoms with E-state index in [0.29, 0.717) is 22.0 Å². The fourth-order valence-electron chi connectivity index (χ4n) is 3.85. The molecular formula is C23H23ClN4O2. The van der Waals surface area contributed by atoms with E-state index in [-0.39, 0.29) is 17.7 Å². The molecule has 3 aromatic rings. The van der Waals surface area contributed by atoms with Crippen LogP contribution >= 0.6 is 11.6 Å². The van der Waals surface area contributed by atoms with Gasteiger partial charge in [0.05, 0.1) is 16.8 Å². The summed E-state index contributed by atoms with van der Waals surface area (Å²) < 4.78 is 0. The van der Waals surface area contributed by atoms with Crippen LogP contribution in [-0.4, -0.2) is 29.9 Å². The van der Waals surface area contributed by atoms with E-state index in [1.54, 1.807) is 12.1 Å². The first kappa shape index (κ1) is 20.2. The van der Waals surface area contributed by atoms with Gasteiger partial charge in [-0.1, -0.05) is 11.6 Å². The second-order valence-corrected chi connectivity index (χ2v) is 8.06. The minimum absolute atomic E-state index is 0.0338. The number of piperidine rings is 1. The van der Waals surface area contributed by atoms with Gasteiger partial charge in [0.1, 0.15) is 0 Å². The lowest BCUT2D eigenvalue weighted by atomic mass is 9.96. The van der Waals surface area contributed by atoms with Crippen LogP contribution in [0.15, 0.2) is 48.5 Å². The molecule has 7 heteroatoms. The first-order valence-corrected chi connectivity index (χ1v) is 10.3. The van der Waals surface area contributed by atoms with Crippen molar-refractivity contribution in [2.75, 3.05) is 23.3 Å². The molecule has 0 saturated carbocycles. The zero-order chi connectivity index (χ0) is 21.3. The van der Waals surface area contributed by atoms with Gasteiger partial charge in [-0.15, -0.1) is 0 Å². The Morgan fingerprint density at radius 1 is 1.10 bits per heavy atom. The predicted octanol–water partition coefficient (Wildman–Crippen LogP) is 4.15. The molecule has 30 heavy (non-hydrogen) atoms. The van der Waals surface area contributed by atoms with Crippen molar-refractivity contribution in [3.05, 3.63) is 64.8 Å². The van der Waals surface area contributed by atoms with Crippen molar-refractivity contribution in [3.63, 3.8) is 0 Å². The molecule has 6 nitrogen and oxygen atoms in total. The average molecular weight is 423 g/mol. The molecule has 4 rings (SSSR count). The van der Waals surface area contributed by atoms with E-state index in [9.17, 15) is 9.59 Å². The van der Waals surface area contributed by atoms with Crippen molar-refractivity contribution in [2.45, 2.75) is 19.8 Å². The fraction of sp³-hybridized carbons (Fsp3) is 0.261. The van der Waals surface area contributed by atoms with Crippen LogP contribution in [0.5, 0.6) is 0 Å². The van der Waals surface area contributed by atoms with Crippen molar-refractivity contribution in [1.29, 1.82) is 0 Å². The van der Waals surface area contributed by atoms with Gasteiger partial charge in [0.2, 0.25) is 5.91 Å². The summed E-state index contributed by atoms with van der Waals surface area (Å²) in [7, 11) is 0. The first-order chi connectivity index (χ1) is 14.4. The van der Waals surface area contributed by atoms with Crippen LogP contribution in [0.4, 0.5) is 11.4 Å². The van der Waals surface area contributed by atoms with Crippen molar-refractivity contribution in [3.8, 4) is 0 Å². The van der Waals surface area contributed by atoms with Crippen LogP contribution in [0.25, 0.3) is 10.9 Å². The van der Waals surface area contributed by atoms with E-state index >= 15 is 0 Å². The maximum atomic E-state index is 12.8.